The number of carboxylic acid groups (broad SMARTS) is 2. The van der Waals surface area contributed by atoms with Gasteiger partial charge in [0.1, 0.15) is 18.1 Å². The van der Waals surface area contributed by atoms with Gasteiger partial charge in [-0.2, -0.15) is 0 Å². The summed E-state index contributed by atoms with van der Waals surface area (Å²) in [7, 11) is 0. The quantitative estimate of drug-likeness (QED) is 0.131. The maximum absolute atomic E-state index is 13.0. The van der Waals surface area contributed by atoms with E-state index in [1.807, 2.05) is 0 Å². The summed E-state index contributed by atoms with van der Waals surface area (Å²) in [6.07, 6.45) is 1.33. The summed E-state index contributed by atoms with van der Waals surface area (Å²) in [5.74, 6) is -6.87. The summed E-state index contributed by atoms with van der Waals surface area (Å²) in [6.45, 7) is 3.17. The molecule has 188 valence electrons. The number of hydrogen-bond donors (Lipinski definition) is 8. The molecule has 0 aliphatic carbocycles. The Labute approximate surface area is 194 Å². The molecule has 0 saturated carbocycles. The smallest absolute Gasteiger partial charge is 0.326 e. The summed E-state index contributed by atoms with van der Waals surface area (Å²) in [5, 5.41) is 25.0. The van der Waals surface area contributed by atoms with Gasteiger partial charge in [0.05, 0.1) is 25.2 Å². The van der Waals surface area contributed by atoms with Gasteiger partial charge in [-0.1, -0.05) is 13.8 Å². The zero-order valence-electron chi connectivity index (χ0n) is 18.6. The summed E-state index contributed by atoms with van der Waals surface area (Å²) >= 11 is 0. The van der Waals surface area contributed by atoms with Crippen LogP contribution in [0.5, 0.6) is 0 Å². The SMILES string of the molecule is CC(C)C(NC(=O)C(Cc1cnc[nH]1)NC(=O)C(N)CC(=O)O)C(=O)NC(CC(N)=O)C(=O)O. The van der Waals surface area contributed by atoms with Crippen LogP contribution in [0.3, 0.4) is 0 Å². The van der Waals surface area contributed by atoms with Crippen molar-refractivity contribution >= 4 is 35.6 Å². The highest BCUT2D eigenvalue weighted by molar-refractivity contribution is 5.95. The first-order valence-corrected chi connectivity index (χ1v) is 10.2. The van der Waals surface area contributed by atoms with Crippen molar-refractivity contribution < 1.29 is 39.0 Å². The third kappa shape index (κ3) is 9.23. The van der Waals surface area contributed by atoms with E-state index in [2.05, 4.69) is 25.9 Å². The number of nitrogens with two attached hydrogens (primary N) is 2. The molecule has 0 radical (unpaired) electrons. The molecule has 0 aliphatic rings. The Kier molecular flexibility index (Phi) is 10.6. The van der Waals surface area contributed by atoms with Crippen LogP contribution in [0.1, 0.15) is 32.4 Å². The Morgan fingerprint density at radius 3 is 2.06 bits per heavy atom. The molecule has 4 atom stereocenters. The van der Waals surface area contributed by atoms with E-state index < -0.39 is 78.5 Å². The molecule has 1 aromatic heterocycles. The van der Waals surface area contributed by atoms with E-state index in [1.54, 1.807) is 13.8 Å². The molecule has 15 nitrogen and oxygen atoms in total. The van der Waals surface area contributed by atoms with Gasteiger partial charge in [-0.25, -0.2) is 9.78 Å². The van der Waals surface area contributed by atoms with Crippen LogP contribution in [0.4, 0.5) is 0 Å². The summed E-state index contributed by atoms with van der Waals surface area (Å²) in [5.41, 5.74) is 11.0. The minimum Gasteiger partial charge on any atom is -0.481 e. The highest BCUT2D eigenvalue weighted by Crippen LogP contribution is 2.07. The van der Waals surface area contributed by atoms with Crippen molar-refractivity contribution in [2.24, 2.45) is 17.4 Å². The van der Waals surface area contributed by atoms with Crippen LogP contribution in [0.2, 0.25) is 0 Å². The molecule has 0 bridgehead atoms. The molecule has 15 heteroatoms. The Hall–Kier alpha value is -4.01. The number of primary amides is 1. The van der Waals surface area contributed by atoms with E-state index in [4.69, 9.17) is 16.6 Å². The van der Waals surface area contributed by atoms with Gasteiger partial charge in [-0.15, -0.1) is 0 Å². The minimum atomic E-state index is -1.60. The van der Waals surface area contributed by atoms with Gasteiger partial charge in [0, 0.05) is 18.3 Å². The van der Waals surface area contributed by atoms with Crippen LogP contribution >= 0.6 is 0 Å². The van der Waals surface area contributed by atoms with Gasteiger partial charge >= 0.3 is 11.9 Å². The predicted molar refractivity (Wildman–Crippen MR) is 115 cm³/mol. The average molecular weight is 483 g/mol. The van der Waals surface area contributed by atoms with Crippen LogP contribution in [0.15, 0.2) is 12.5 Å². The van der Waals surface area contributed by atoms with E-state index in [9.17, 15) is 33.9 Å². The van der Waals surface area contributed by atoms with E-state index in [-0.39, 0.29) is 6.42 Å². The number of rotatable bonds is 14. The number of H-pyrrole nitrogens is 1. The molecular weight excluding hydrogens is 454 g/mol. The second-order valence-corrected chi connectivity index (χ2v) is 7.85. The predicted octanol–water partition coefficient (Wildman–Crippen LogP) is -3.18. The maximum atomic E-state index is 13.0. The van der Waals surface area contributed by atoms with Gasteiger partial charge in [0.15, 0.2) is 0 Å². The molecule has 0 aliphatic heterocycles. The molecule has 0 spiro atoms. The van der Waals surface area contributed by atoms with E-state index in [0.717, 1.165) is 0 Å². The molecule has 1 aromatic rings. The number of aliphatic carboxylic acids is 2. The molecule has 4 unspecified atom stereocenters. The van der Waals surface area contributed by atoms with Crippen molar-refractivity contribution in [1.82, 2.24) is 25.9 Å². The van der Waals surface area contributed by atoms with Crippen molar-refractivity contribution in [2.45, 2.75) is 57.3 Å². The summed E-state index contributed by atoms with van der Waals surface area (Å²) in [4.78, 5) is 77.8. The van der Waals surface area contributed by atoms with Crippen LogP contribution in [-0.4, -0.2) is 79.9 Å². The van der Waals surface area contributed by atoms with Crippen molar-refractivity contribution in [2.75, 3.05) is 0 Å². The van der Waals surface area contributed by atoms with E-state index >= 15 is 0 Å². The molecule has 1 rings (SSSR count). The number of nitrogens with one attached hydrogen (secondary N) is 4. The first-order valence-electron chi connectivity index (χ1n) is 10.2. The van der Waals surface area contributed by atoms with Crippen molar-refractivity contribution in [1.29, 1.82) is 0 Å². The van der Waals surface area contributed by atoms with Gasteiger partial charge in [0.2, 0.25) is 23.6 Å². The van der Waals surface area contributed by atoms with Crippen LogP contribution in [-0.2, 0) is 35.2 Å². The van der Waals surface area contributed by atoms with Gasteiger partial charge in [-0.3, -0.25) is 24.0 Å². The second-order valence-electron chi connectivity index (χ2n) is 7.85. The zero-order valence-corrected chi connectivity index (χ0v) is 18.6. The molecule has 34 heavy (non-hydrogen) atoms. The maximum Gasteiger partial charge on any atom is 0.326 e. The number of hydrogen-bond acceptors (Lipinski definition) is 8. The molecule has 4 amide bonds. The Morgan fingerprint density at radius 2 is 1.59 bits per heavy atom. The Morgan fingerprint density at radius 1 is 0.971 bits per heavy atom. The lowest BCUT2D eigenvalue weighted by Crippen LogP contribution is -2.59. The number of imidazole rings is 1. The number of carboxylic acids is 2. The van der Waals surface area contributed by atoms with Gasteiger partial charge in [-0.05, 0) is 5.92 Å². The first kappa shape index (κ1) is 28.0. The van der Waals surface area contributed by atoms with Crippen molar-refractivity contribution in [3.05, 3.63) is 18.2 Å². The number of carbonyl (C=O) groups is 6. The number of aromatic amines is 1. The van der Waals surface area contributed by atoms with Gasteiger partial charge in [0.25, 0.3) is 0 Å². The normalized spacial score (nSPS) is 14.4. The first-order chi connectivity index (χ1) is 15.8. The fourth-order valence-corrected chi connectivity index (χ4v) is 2.84. The molecule has 1 heterocycles. The molecule has 0 saturated heterocycles. The minimum absolute atomic E-state index is 0.0940. The second kappa shape index (κ2) is 12.9. The Balaban J connectivity index is 3.03. The number of aromatic nitrogens is 2. The monoisotopic (exact) mass is 483 g/mol. The lowest BCUT2D eigenvalue weighted by molar-refractivity contribution is -0.144. The molecule has 10 N–H and O–H groups in total. The molecule has 0 fully saturated rings. The summed E-state index contributed by atoms with van der Waals surface area (Å²) < 4.78 is 0. The standard InChI is InChI=1S/C19H29N7O8/c1-8(2)15(18(32)25-12(19(33)34)5-13(21)27)26-17(31)11(3-9-6-22-7-23-9)24-16(30)10(20)4-14(28)29/h6-8,10-12,15H,3-5,20H2,1-2H3,(H2,21,27)(H,22,23)(H,24,30)(H,25,32)(H,26,31)(H,28,29)(H,33,34). The average Bonchev–Trinajstić information content (AvgIpc) is 3.22. The third-order valence-corrected chi connectivity index (χ3v) is 4.61. The van der Waals surface area contributed by atoms with E-state index in [0.29, 0.717) is 5.69 Å². The largest absolute Gasteiger partial charge is 0.481 e. The van der Waals surface area contributed by atoms with E-state index in [1.165, 1.54) is 12.5 Å². The molecule has 0 aromatic carbocycles. The lowest BCUT2D eigenvalue weighted by Gasteiger charge is -2.26. The molecular formula is C19H29N7O8. The third-order valence-electron chi connectivity index (χ3n) is 4.61. The lowest BCUT2D eigenvalue weighted by atomic mass is 10.0. The fraction of sp³-hybridized carbons (Fsp3) is 0.526. The fourth-order valence-electron chi connectivity index (χ4n) is 2.84. The van der Waals surface area contributed by atoms with Crippen LogP contribution in [0, 0.1) is 5.92 Å². The topological polar surface area (TPSA) is 260 Å². The van der Waals surface area contributed by atoms with Crippen molar-refractivity contribution in [3.63, 3.8) is 0 Å². The number of amides is 4. The highest BCUT2D eigenvalue weighted by atomic mass is 16.4. The number of carbonyl (C=O) groups excluding carboxylic acids is 4. The highest BCUT2D eigenvalue weighted by Gasteiger charge is 2.32. The zero-order chi connectivity index (χ0) is 26.0. The summed E-state index contributed by atoms with van der Waals surface area (Å²) in [6, 6.07) is -5.54. The van der Waals surface area contributed by atoms with Gasteiger partial charge < -0.3 is 42.6 Å². The van der Waals surface area contributed by atoms with Crippen LogP contribution < -0.4 is 27.4 Å². The van der Waals surface area contributed by atoms with Crippen LogP contribution in [0.25, 0.3) is 0 Å². The Bertz CT molecular complexity index is 902. The number of nitrogens with zero attached hydrogens (tertiary/aromatic N) is 1. The van der Waals surface area contributed by atoms with Crippen molar-refractivity contribution in [3.8, 4) is 0 Å².